The molecule has 14 heteroatoms. The van der Waals surface area contributed by atoms with E-state index in [1.54, 1.807) is 39.0 Å². The van der Waals surface area contributed by atoms with Crippen molar-refractivity contribution < 1.29 is 38.1 Å². The van der Waals surface area contributed by atoms with Gasteiger partial charge in [0.05, 0.1) is 12.7 Å². The number of benzene rings is 1. The fourth-order valence-electron chi connectivity index (χ4n) is 3.23. The first kappa shape index (κ1) is 31.0. The predicted octanol–water partition coefficient (Wildman–Crippen LogP) is 0.714. The molecule has 5 atom stereocenters. The number of ether oxygens (including phenoxy) is 2. The van der Waals surface area contributed by atoms with Crippen LogP contribution >= 0.6 is 7.75 Å². The van der Waals surface area contributed by atoms with Gasteiger partial charge >= 0.3 is 19.4 Å². The number of terminal acetylenes is 1. The molecule has 0 aliphatic rings. The van der Waals surface area contributed by atoms with E-state index in [0.29, 0.717) is 4.57 Å². The van der Waals surface area contributed by atoms with Gasteiger partial charge in [-0.3, -0.25) is 23.7 Å². The molecule has 0 saturated heterocycles. The molecule has 4 N–H and O–H groups in total. The van der Waals surface area contributed by atoms with Crippen LogP contribution in [0.25, 0.3) is 0 Å². The van der Waals surface area contributed by atoms with E-state index >= 15 is 0 Å². The van der Waals surface area contributed by atoms with Gasteiger partial charge in [-0.25, -0.2) is 9.36 Å². The first-order valence-corrected chi connectivity index (χ1v) is 13.1. The molecule has 1 heterocycles. The number of carbonyl (C=O) groups excluding carboxylic acids is 1. The zero-order valence-corrected chi connectivity index (χ0v) is 22.3. The highest BCUT2D eigenvalue weighted by Gasteiger charge is 2.44. The summed E-state index contributed by atoms with van der Waals surface area (Å²) < 4.78 is 35.8. The first-order valence-electron chi connectivity index (χ1n) is 11.6. The second-order valence-electron chi connectivity index (χ2n) is 8.34. The summed E-state index contributed by atoms with van der Waals surface area (Å²) in [4.78, 5) is 38.1. The molecular formula is C24H32N3O10P. The van der Waals surface area contributed by atoms with Crippen LogP contribution in [0.15, 0.2) is 52.2 Å². The number of nitrogens with zero attached hydrogens (tertiary/aromatic N) is 1. The minimum absolute atomic E-state index is 0.143. The lowest BCUT2D eigenvalue weighted by molar-refractivity contribution is -0.154. The molecule has 2 aromatic rings. The molecule has 2 rings (SSSR count). The Kier molecular flexibility index (Phi) is 11.0. The highest BCUT2D eigenvalue weighted by atomic mass is 31.2. The molecular weight excluding hydrogens is 521 g/mol. The summed E-state index contributed by atoms with van der Waals surface area (Å²) in [6.45, 7) is 4.29. The van der Waals surface area contributed by atoms with Crippen LogP contribution in [0, 0.1) is 12.3 Å². The van der Waals surface area contributed by atoms with E-state index in [9.17, 15) is 29.2 Å². The molecule has 0 aliphatic heterocycles. The van der Waals surface area contributed by atoms with Crippen LogP contribution in [0.5, 0.6) is 5.75 Å². The Balaban J connectivity index is 2.35. The van der Waals surface area contributed by atoms with Crippen molar-refractivity contribution >= 4 is 13.7 Å². The van der Waals surface area contributed by atoms with Gasteiger partial charge in [0.25, 0.3) is 5.56 Å². The smallest absolute Gasteiger partial charge is 0.459 e. The number of hydrogen-bond acceptors (Lipinski definition) is 10. The Hall–Kier alpha value is -3.24. The van der Waals surface area contributed by atoms with Crippen LogP contribution < -0.4 is 20.9 Å². The number of H-pyrrole nitrogens is 1. The Morgan fingerprint density at radius 3 is 2.45 bits per heavy atom. The number of esters is 1. The van der Waals surface area contributed by atoms with E-state index in [-0.39, 0.29) is 12.2 Å². The Morgan fingerprint density at radius 1 is 1.26 bits per heavy atom. The van der Waals surface area contributed by atoms with Crippen molar-refractivity contribution in [2.45, 2.75) is 57.3 Å². The molecule has 208 valence electrons. The fourth-order valence-corrected chi connectivity index (χ4v) is 4.82. The average molecular weight is 554 g/mol. The van der Waals surface area contributed by atoms with Gasteiger partial charge < -0.3 is 24.2 Å². The molecule has 13 nitrogen and oxygen atoms in total. The summed E-state index contributed by atoms with van der Waals surface area (Å²) in [5.41, 5.74) is -4.55. The van der Waals surface area contributed by atoms with Crippen molar-refractivity contribution in [1.82, 2.24) is 14.6 Å². The summed E-state index contributed by atoms with van der Waals surface area (Å²) in [6, 6.07) is 7.81. The van der Waals surface area contributed by atoms with Crippen molar-refractivity contribution in [3.63, 3.8) is 0 Å². The summed E-state index contributed by atoms with van der Waals surface area (Å²) in [6.07, 6.45) is 2.55. The van der Waals surface area contributed by atoms with Gasteiger partial charge in [-0.05, 0) is 38.3 Å². The van der Waals surface area contributed by atoms with Crippen LogP contribution in [0.1, 0.15) is 27.2 Å². The van der Waals surface area contributed by atoms with Crippen LogP contribution in [0.3, 0.4) is 0 Å². The fraction of sp³-hybridized carbons (Fsp3) is 0.458. The number of nitrogens with one attached hydrogen (secondary N) is 2. The third-order valence-corrected chi connectivity index (χ3v) is 6.78. The van der Waals surface area contributed by atoms with Crippen molar-refractivity contribution in [1.29, 1.82) is 0 Å². The first-order chi connectivity index (χ1) is 17.9. The van der Waals surface area contributed by atoms with Crippen LogP contribution in [0.2, 0.25) is 0 Å². The van der Waals surface area contributed by atoms with Gasteiger partial charge in [-0.2, -0.15) is 5.09 Å². The minimum Gasteiger partial charge on any atom is -0.462 e. The number of aromatic nitrogens is 2. The zero-order chi connectivity index (χ0) is 28.5. The topological polar surface area (TPSA) is 178 Å². The SMILES string of the molecule is C#C[C@@](O)([C@H](O)[C@@H](COP(=O)(N[C@@H](CC)C(=O)OC(C)C)Oc1ccccc1)OC)n1ccc(=O)[nH]c1=O. The second-order valence-corrected chi connectivity index (χ2v) is 10.0. The molecule has 0 amide bonds. The van der Waals surface area contributed by atoms with E-state index in [1.807, 2.05) is 10.9 Å². The van der Waals surface area contributed by atoms with Crippen LogP contribution in [-0.4, -0.2) is 63.8 Å². The van der Waals surface area contributed by atoms with E-state index in [4.69, 9.17) is 24.9 Å². The number of para-hydroxylation sites is 1. The standard InChI is InChI=1S/C24H32N3O10P/c1-6-18(22(30)36-16(3)4)26-38(33,37-17-11-9-8-10-12-17)35-15-19(34-5)21(29)24(32,7-2)27-14-13-20(28)25-23(27)31/h2,8-14,16,18-19,21,29,32H,6,15H2,1,3-5H3,(H,26,33)(H,25,28,31)/t18-,19+,21+,24+,38?/m0/s1. The molecule has 0 saturated carbocycles. The molecule has 0 spiro atoms. The number of rotatable bonds is 14. The zero-order valence-electron chi connectivity index (χ0n) is 21.4. The van der Waals surface area contributed by atoms with Gasteiger partial charge in [0.1, 0.15) is 24.0 Å². The van der Waals surface area contributed by atoms with Crippen molar-refractivity contribution in [2.24, 2.45) is 0 Å². The van der Waals surface area contributed by atoms with E-state index in [2.05, 4.69) is 5.09 Å². The van der Waals surface area contributed by atoms with E-state index < -0.39 is 61.7 Å². The third kappa shape index (κ3) is 7.88. The van der Waals surface area contributed by atoms with Gasteiger partial charge in [0.2, 0.25) is 5.72 Å². The monoisotopic (exact) mass is 553 g/mol. The van der Waals surface area contributed by atoms with Crippen LogP contribution in [0.4, 0.5) is 0 Å². The van der Waals surface area contributed by atoms with Gasteiger partial charge in [0, 0.05) is 19.4 Å². The number of aromatic amines is 1. The number of hydrogen-bond donors (Lipinski definition) is 4. The predicted molar refractivity (Wildman–Crippen MR) is 136 cm³/mol. The molecule has 1 aromatic carbocycles. The van der Waals surface area contributed by atoms with Crippen LogP contribution in [-0.2, 0) is 29.1 Å². The molecule has 0 aliphatic carbocycles. The second kappa shape index (κ2) is 13.5. The largest absolute Gasteiger partial charge is 0.462 e. The van der Waals surface area contributed by atoms with Gasteiger partial charge in [-0.15, -0.1) is 6.42 Å². The highest BCUT2D eigenvalue weighted by molar-refractivity contribution is 7.52. The third-order valence-electron chi connectivity index (χ3n) is 5.21. The van der Waals surface area contributed by atoms with E-state index in [1.165, 1.54) is 12.1 Å². The Bertz CT molecular complexity index is 1270. The summed E-state index contributed by atoms with van der Waals surface area (Å²) in [7, 11) is -3.21. The summed E-state index contributed by atoms with van der Waals surface area (Å²) >= 11 is 0. The lowest BCUT2D eigenvalue weighted by Gasteiger charge is -2.34. The van der Waals surface area contributed by atoms with Gasteiger partial charge in [0.15, 0.2) is 0 Å². The lowest BCUT2D eigenvalue weighted by Crippen LogP contribution is -2.56. The Morgan fingerprint density at radius 2 is 1.92 bits per heavy atom. The maximum atomic E-state index is 13.8. The normalized spacial score (nSPS) is 16.9. The molecule has 1 aromatic heterocycles. The molecule has 1 unspecified atom stereocenters. The van der Waals surface area contributed by atoms with E-state index in [0.717, 1.165) is 19.4 Å². The molecule has 0 radical (unpaired) electrons. The lowest BCUT2D eigenvalue weighted by atomic mass is 10.0. The Labute approximate surface area is 219 Å². The van der Waals surface area contributed by atoms with Crippen molar-refractivity contribution in [3.8, 4) is 18.1 Å². The summed E-state index contributed by atoms with van der Waals surface area (Å²) in [5.74, 6) is 1.37. The highest BCUT2D eigenvalue weighted by Crippen LogP contribution is 2.45. The number of methoxy groups -OCH3 is 1. The number of carbonyl (C=O) groups is 1. The minimum atomic E-state index is -4.36. The quantitative estimate of drug-likeness (QED) is 0.147. The molecule has 38 heavy (non-hydrogen) atoms. The average Bonchev–Trinajstić information content (AvgIpc) is 2.87. The maximum Gasteiger partial charge on any atom is 0.459 e. The van der Waals surface area contributed by atoms with Gasteiger partial charge in [-0.1, -0.05) is 25.1 Å². The van der Waals surface area contributed by atoms with Crippen molar-refractivity contribution in [3.05, 3.63) is 63.4 Å². The van der Waals surface area contributed by atoms with Crippen molar-refractivity contribution in [2.75, 3.05) is 13.7 Å². The number of aliphatic hydroxyl groups is 2. The maximum absolute atomic E-state index is 13.8. The number of aliphatic hydroxyl groups excluding tert-OH is 1. The molecule has 0 bridgehead atoms. The summed E-state index contributed by atoms with van der Waals surface area (Å²) in [5, 5.41) is 24.4. The molecule has 0 fully saturated rings.